The topological polar surface area (TPSA) is 29.1 Å². The van der Waals surface area contributed by atoms with Gasteiger partial charge in [0.2, 0.25) is 0 Å². The van der Waals surface area contributed by atoms with Crippen molar-refractivity contribution in [1.29, 1.82) is 0 Å². The van der Waals surface area contributed by atoms with Gasteiger partial charge in [0.15, 0.2) is 6.29 Å². The minimum Gasteiger partial charge on any atom is -0.347 e. The van der Waals surface area contributed by atoms with Gasteiger partial charge >= 0.3 is 0 Å². The van der Waals surface area contributed by atoms with Gasteiger partial charge in [-0.05, 0) is 19.3 Å². The van der Waals surface area contributed by atoms with Crippen LogP contribution in [0.4, 0.5) is 0 Å². The molecule has 0 amide bonds. The fourth-order valence-corrected chi connectivity index (χ4v) is 1.17. The molecule has 73 valence electrons. The zero-order valence-electron chi connectivity index (χ0n) is 8.67. The molecule has 2 unspecified atom stereocenters. The van der Waals surface area contributed by atoms with Gasteiger partial charge in [-0.3, -0.25) is 0 Å². The first-order valence-electron chi connectivity index (χ1n) is 4.87. The molecule has 0 aromatic heterocycles. The van der Waals surface area contributed by atoms with Gasteiger partial charge in [0.05, 0.1) is 6.10 Å². The third kappa shape index (κ3) is 6.62. The molecule has 0 aliphatic heterocycles. The second-order valence-corrected chi connectivity index (χ2v) is 3.79. The Balaban J connectivity index is 3.46. The van der Waals surface area contributed by atoms with Crippen molar-refractivity contribution in [3.63, 3.8) is 0 Å². The lowest BCUT2D eigenvalue weighted by molar-refractivity contribution is -0.174. The molecular weight excluding hydrogens is 152 g/mol. The van der Waals surface area contributed by atoms with Gasteiger partial charge < -0.3 is 4.74 Å². The number of ether oxygens (including phenoxy) is 1. The third-order valence-corrected chi connectivity index (χ3v) is 1.74. The van der Waals surface area contributed by atoms with Crippen molar-refractivity contribution in [2.45, 2.75) is 59.4 Å². The van der Waals surface area contributed by atoms with Crippen LogP contribution in [0.15, 0.2) is 0 Å². The molecule has 12 heavy (non-hydrogen) atoms. The Labute approximate surface area is 75.9 Å². The molecule has 2 nitrogen and oxygen atoms in total. The first-order valence-corrected chi connectivity index (χ1v) is 4.87. The molecule has 0 aliphatic carbocycles. The molecular formula is C10H21O2. The van der Waals surface area contributed by atoms with Crippen molar-refractivity contribution in [2.24, 2.45) is 5.92 Å². The standard InChI is InChI=1S/C10H21O2/c1-5-6-9(4)12-10(11)7-8(2)3/h8-10H,5-7H2,1-4H3. The van der Waals surface area contributed by atoms with Gasteiger partial charge in [0.25, 0.3) is 0 Å². The lowest BCUT2D eigenvalue weighted by atomic mass is 10.1. The smallest absolute Gasteiger partial charge is 0.191 e. The van der Waals surface area contributed by atoms with Crippen LogP contribution in [0.5, 0.6) is 0 Å². The second kappa shape index (κ2) is 6.44. The van der Waals surface area contributed by atoms with Crippen LogP contribution in [-0.2, 0) is 9.84 Å². The molecule has 2 atom stereocenters. The fourth-order valence-electron chi connectivity index (χ4n) is 1.17. The summed E-state index contributed by atoms with van der Waals surface area (Å²) in [5.74, 6) is 0.432. The van der Waals surface area contributed by atoms with Gasteiger partial charge in [-0.15, -0.1) is 0 Å². The monoisotopic (exact) mass is 173 g/mol. The van der Waals surface area contributed by atoms with Crippen LogP contribution >= 0.6 is 0 Å². The van der Waals surface area contributed by atoms with E-state index in [0.29, 0.717) is 12.3 Å². The molecule has 1 radical (unpaired) electrons. The first-order chi connectivity index (χ1) is 5.56. The molecule has 0 aromatic carbocycles. The molecule has 0 bridgehead atoms. The van der Waals surface area contributed by atoms with E-state index in [1.807, 2.05) is 20.8 Å². The van der Waals surface area contributed by atoms with E-state index < -0.39 is 6.29 Å². The average Bonchev–Trinajstić information content (AvgIpc) is 1.84. The summed E-state index contributed by atoms with van der Waals surface area (Å²) in [6.07, 6.45) is 1.98. The summed E-state index contributed by atoms with van der Waals surface area (Å²) >= 11 is 0. The largest absolute Gasteiger partial charge is 0.347 e. The minimum absolute atomic E-state index is 0.122. The summed E-state index contributed by atoms with van der Waals surface area (Å²) in [4.78, 5) is 0. The summed E-state index contributed by atoms with van der Waals surface area (Å²) in [6.45, 7) is 8.15. The van der Waals surface area contributed by atoms with Crippen molar-refractivity contribution < 1.29 is 9.84 Å². The highest BCUT2D eigenvalue weighted by atomic mass is 16.6. The Morgan fingerprint density at radius 3 is 2.25 bits per heavy atom. The Morgan fingerprint density at radius 1 is 1.25 bits per heavy atom. The predicted octanol–water partition coefficient (Wildman–Crippen LogP) is 2.99. The van der Waals surface area contributed by atoms with E-state index in [4.69, 9.17) is 4.74 Å². The van der Waals surface area contributed by atoms with Gasteiger partial charge in [0, 0.05) is 6.42 Å². The van der Waals surface area contributed by atoms with Crippen LogP contribution in [0.25, 0.3) is 0 Å². The predicted molar refractivity (Wildman–Crippen MR) is 49.4 cm³/mol. The van der Waals surface area contributed by atoms with Crippen molar-refractivity contribution in [2.75, 3.05) is 0 Å². The van der Waals surface area contributed by atoms with E-state index in [2.05, 4.69) is 6.92 Å². The van der Waals surface area contributed by atoms with Crippen molar-refractivity contribution >= 4 is 0 Å². The lowest BCUT2D eigenvalue weighted by Crippen LogP contribution is -2.19. The molecule has 0 aromatic rings. The summed E-state index contributed by atoms with van der Waals surface area (Å²) in [5.41, 5.74) is 0. The zero-order chi connectivity index (χ0) is 9.56. The summed E-state index contributed by atoms with van der Waals surface area (Å²) in [6, 6.07) is 0. The molecule has 0 spiro atoms. The van der Waals surface area contributed by atoms with E-state index >= 15 is 0 Å². The van der Waals surface area contributed by atoms with Crippen molar-refractivity contribution in [3.05, 3.63) is 0 Å². The quantitative estimate of drug-likeness (QED) is 0.568. The van der Waals surface area contributed by atoms with Gasteiger partial charge in [-0.2, -0.15) is 0 Å². The maximum atomic E-state index is 11.2. The molecule has 0 rings (SSSR count). The first kappa shape index (κ1) is 11.9. The van der Waals surface area contributed by atoms with Crippen LogP contribution in [0.1, 0.15) is 47.0 Å². The average molecular weight is 173 g/mol. The van der Waals surface area contributed by atoms with Crippen LogP contribution in [-0.4, -0.2) is 12.4 Å². The zero-order valence-corrected chi connectivity index (χ0v) is 8.67. The lowest BCUT2D eigenvalue weighted by Gasteiger charge is -2.17. The molecule has 0 fully saturated rings. The van der Waals surface area contributed by atoms with Crippen LogP contribution in [0, 0.1) is 5.92 Å². The summed E-state index contributed by atoms with van der Waals surface area (Å²) in [7, 11) is 0. The van der Waals surface area contributed by atoms with E-state index in [9.17, 15) is 5.11 Å². The Kier molecular flexibility index (Phi) is 6.39. The fraction of sp³-hybridized carbons (Fsp3) is 1.00. The van der Waals surface area contributed by atoms with Crippen LogP contribution in [0.3, 0.4) is 0 Å². The van der Waals surface area contributed by atoms with E-state index in [0.717, 1.165) is 12.8 Å². The number of hydrogen-bond donors (Lipinski definition) is 0. The van der Waals surface area contributed by atoms with Crippen molar-refractivity contribution in [1.82, 2.24) is 0 Å². The highest BCUT2D eigenvalue weighted by Gasteiger charge is 2.12. The third-order valence-electron chi connectivity index (χ3n) is 1.74. The second-order valence-electron chi connectivity index (χ2n) is 3.79. The molecule has 0 saturated carbocycles. The van der Waals surface area contributed by atoms with Crippen molar-refractivity contribution in [3.8, 4) is 0 Å². The van der Waals surface area contributed by atoms with E-state index in [1.54, 1.807) is 0 Å². The maximum Gasteiger partial charge on any atom is 0.191 e. The Hall–Kier alpha value is -0.0800. The van der Waals surface area contributed by atoms with Gasteiger partial charge in [-0.25, -0.2) is 5.11 Å². The van der Waals surface area contributed by atoms with Gasteiger partial charge in [0.1, 0.15) is 0 Å². The molecule has 2 heteroatoms. The number of rotatable bonds is 6. The SMILES string of the molecule is CCCC(C)OC([O])CC(C)C. The van der Waals surface area contributed by atoms with E-state index in [-0.39, 0.29) is 6.10 Å². The summed E-state index contributed by atoms with van der Waals surface area (Å²) < 4.78 is 5.25. The molecule has 0 heterocycles. The Morgan fingerprint density at radius 2 is 1.83 bits per heavy atom. The molecule has 0 aliphatic rings. The normalized spacial score (nSPS) is 16.5. The number of hydrogen-bond acceptors (Lipinski definition) is 1. The highest BCUT2D eigenvalue weighted by molar-refractivity contribution is 4.52. The van der Waals surface area contributed by atoms with Gasteiger partial charge in [-0.1, -0.05) is 27.2 Å². The van der Waals surface area contributed by atoms with Crippen LogP contribution in [0.2, 0.25) is 0 Å². The highest BCUT2D eigenvalue weighted by Crippen LogP contribution is 2.10. The van der Waals surface area contributed by atoms with E-state index in [1.165, 1.54) is 0 Å². The minimum atomic E-state index is -0.827. The Bertz CT molecular complexity index is 102. The molecule has 0 saturated heterocycles. The molecule has 0 N–H and O–H groups in total. The van der Waals surface area contributed by atoms with Crippen LogP contribution < -0.4 is 0 Å². The summed E-state index contributed by atoms with van der Waals surface area (Å²) in [5, 5.41) is 11.2. The maximum absolute atomic E-state index is 11.2.